The van der Waals surface area contributed by atoms with Crippen molar-refractivity contribution < 1.29 is 4.42 Å². The van der Waals surface area contributed by atoms with Crippen LogP contribution in [0.3, 0.4) is 0 Å². The molecule has 0 saturated heterocycles. The van der Waals surface area contributed by atoms with E-state index in [4.69, 9.17) is 19.4 Å². The molecule has 0 bridgehead atoms. The lowest BCUT2D eigenvalue weighted by Gasteiger charge is -2.15. The van der Waals surface area contributed by atoms with Crippen LogP contribution < -0.4 is 5.32 Å². The fraction of sp³-hybridized carbons (Fsp3) is 0.0227. The minimum atomic E-state index is 0.597. The van der Waals surface area contributed by atoms with Crippen LogP contribution in [0.1, 0.15) is 5.56 Å². The zero-order valence-corrected chi connectivity index (χ0v) is 27.6. The monoisotopic (exact) mass is 660 g/mol. The highest BCUT2D eigenvalue weighted by Gasteiger charge is 2.25. The highest BCUT2D eigenvalue weighted by atomic mass is 32.1. The van der Waals surface area contributed by atoms with Crippen molar-refractivity contribution in [3.63, 3.8) is 0 Å². The van der Waals surface area contributed by atoms with Crippen molar-refractivity contribution in [1.82, 2.24) is 15.0 Å². The number of anilines is 1. The standard InChI is InChI=1S/C44H28N4OS/c1-3-12-27(13-4-1)29-16-9-17-30(26-29)31-23-24-36-38(34-21-11-25-45-44(34)49-36)39(31)43-47-41(28-14-5-2-6-15-28)46-42(48-43)35-20-10-19-33-32-18-7-8-22-37(32)50-40(33)35/h1-24,26,45H,25H2. The average molecular weight is 661 g/mol. The normalized spacial score (nSPS) is 12.4. The molecule has 6 heteroatoms. The summed E-state index contributed by atoms with van der Waals surface area (Å²) in [6, 6.07) is 48.5. The van der Waals surface area contributed by atoms with Gasteiger partial charge in [0.05, 0.1) is 0 Å². The van der Waals surface area contributed by atoms with Crippen molar-refractivity contribution in [3.05, 3.63) is 151 Å². The SMILES string of the molecule is C1=Cc2c(oc3ccc(-c4cccc(-c5ccccc5)c4)c(-c4nc(-c5ccccc5)nc(-c5cccc6c5sc5ccccc56)n4)c23)NC1. The summed E-state index contributed by atoms with van der Waals surface area (Å²) < 4.78 is 8.82. The molecule has 6 aromatic carbocycles. The second-order valence-corrected chi connectivity index (χ2v) is 13.4. The number of thiophene rings is 1. The largest absolute Gasteiger partial charge is 0.440 e. The van der Waals surface area contributed by atoms with Crippen LogP contribution >= 0.6 is 11.3 Å². The first-order chi connectivity index (χ1) is 24.8. The highest BCUT2D eigenvalue weighted by Crippen LogP contribution is 2.45. The maximum absolute atomic E-state index is 6.43. The highest BCUT2D eigenvalue weighted by molar-refractivity contribution is 7.26. The molecule has 3 aromatic heterocycles. The zero-order chi connectivity index (χ0) is 33.0. The minimum Gasteiger partial charge on any atom is -0.440 e. The zero-order valence-electron chi connectivity index (χ0n) is 26.8. The summed E-state index contributed by atoms with van der Waals surface area (Å²) >= 11 is 1.78. The Hall–Kier alpha value is -6.37. The van der Waals surface area contributed by atoms with Gasteiger partial charge in [-0.1, -0.05) is 121 Å². The lowest BCUT2D eigenvalue weighted by molar-refractivity contribution is 0.628. The van der Waals surface area contributed by atoms with Crippen molar-refractivity contribution in [1.29, 1.82) is 0 Å². The fourth-order valence-corrected chi connectivity index (χ4v) is 8.26. The van der Waals surface area contributed by atoms with E-state index in [0.29, 0.717) is 24.0 Å². The van der Waals surface area contributed by atoms with Gasteiger partial charge in [-0.3, -0.25) is 0 Å². The van der Waals surface area contributed by atoms with E-state index in [-0.39, 0.29) is 0 Å². The third-order valence-corrected chi connectivity index (χ3v) is 10.6. The average Bonchev–Trinajstić information content (AvgIpc) is 3.77. The molecule has 10 rings (SSSR count). The number of aromatic nitrogens is 3. The van der Waals surface area contributed by atoms with Gasteiger partial charge >= 0.3 is 0 Å². The van der Waals surface area contributed by atoms with Crippen molar-refractivity contribution in [2.45, 2.75) is 0 Å². The Kier molecular flexibility index (Phi) is 6.67. The van der Waals surface area contributed by atoms with Crippen LogP contribution in [-0.4, -0.2) is 21.5 Å². The van der Waals surface area contributed by atoms with Gasteiger partial charge in [-0.2, -0.15) is 0 Å². The van der Waals surface area contributed by atoms with Crippen LogP contribution in [0.5, 0.6) is 0 Å². The quantitative estimate of drug-likeness (QED) is 0.199. The van der Waals surface area contributed by atoms with Gasteiger partial charge < -0.3 is 9.73 Å². The first kappa shape index (κ1) is 28.6. The van der Waals surface area contributed by atoms with E-state index in [1.165, 1.54) is 15.5 Å². The Morgan fingerprint density at radius 2 is 1.26 bits per heavy atom. The lowest BCUT2D eigenvalue weighted by atomic mass is 9.92. The van der Waals surface area contributed by atoms with Crippen LogP contribution in [0, 0.1) is 0 Å². The first-order valence-electron chi connectivity index (χ1n) is 16.7. The van der Waals surface area contributed by atoms with E-state index in [9.17, 15) is 0 Å². The number of hydrogen-bond acceptors (Lipinski definition) is 6. The molecule has 5 nitrogen and oxygen atoms in total. The Labute approximate surface area is 292 Å². The Bertz CT molecular complexity index is 2760. The number of rotatable bonds is 5. The van der Waals surface area contributed by atoms with Crippen LogP contribution in [0.25, 0.3) is 93.6 Å². The van der Waals surface area contributed by atoms with Gasteiger partial charge in [0, 0.05) is 54.4 Å². The molecule has 0 aliphatic carbocycles. The number of nitrogens with one attached hydrogen (secondary N) is 1. The topological polar surface area (TPSA) is 63.8 Å². The minimum absolute atomic E-state index is 0.597. The van der Waals surface area contributed by atoms with E-state index in [0.717, 1.165) is 66.1 Å². The fourth-order valence-electron chi connectivity index (χ4n) is 7.05. The van der Waals surface area contributed by atoms with Gasteiger partial charge in [-0.05, 0) is 52.6 Å². The second-order valence-electron chi connectivity index (χ2n) is 12.4. The molecule has 4 heterocycles. The molecule has 0 spiro atoms. The number of benzene rings is 6. The van der Waals surface area contributed by atoms with Crippen LogP contribution in [0.15, 0.2) is 150 Å². The summed E-state index contributed by atoms with van der Waals surface area (Å²) in [6.07, 6.45) is 4.27. The van der Waals surface area contributed by atoms with E-state index in [2.05, 4.69) is 133 Å². The van der Waals surface area contributed by atoms with Crippen molar-refractivity contribution in [3.8, 4) is 56.4 Å². The summed E-state index contributed by atoms with van der Waals surface area (Å²) in [6.45, 7) is 0.710. The van der Waals surface area contributed by atoms with Crippen LogP contribution in [-0.2, 0) is 0 Å². The molecule has 0 saturated carbocycles. The third kappa shape index (κ3) is 4.72. The third-order valence-electron chi connectivity index (χ3n) is 9.37. The van der Waals surface area contributed by atoms with Crippen molar-refractivity contribution in [2.24, 2.45) is 0 Å². The summed E-state index contributed by atoms with van der Waals surface area (Å²) in [5.74, 6) is 2.61. The Morgan fingerprint density at radius 3 is 2.14 bits per heavy atom. The molecule has 0 atom stereocenters. The van der Waals surface area contributed by atoms with Gasteiger partial charge in [0.1, 0.15) is 5.58 Å². The Morgan fingerprint density at radius 1 is 0.560 bits per heavy atom. The molecule has 0 amide bonds. The predicted molar refractivity (Wildman–Crippen MR) is 207 cm³/mol. The molecule has 236 valence electrons. The molecule has 1 aliphatic rings. The van der Waals surface area contributed by atoms with Crippen molar-refractivity contribution >= 4 is 54.4 Å². The van der Waals surface area contributed by atoms with Crippen LogP contribution in [0.4, 0.5) is 5.88 Å². The predicted octanol–water partition coefficient (Wildman–Crippen LogP) is 11.8. The van der Waals surface area contributed by atoms with Gasteiger partial charge in [0.25, 0.3) is 0 Å². The second kappa shape index (κ2) is 11.7. The molecule has 1 N–H and O–H groups in total. The van der Waals surface area contributed by atoms with Gasteiger partial charge in [-0.15, -0.1) is 11.3 Å². The van der Waals surface area contributed by atoms with Gasteiger partial charge in [-0.25, -0.2) is 15.0 Å². The molecular weight excluding hydrogens is 633 g/mol. The first-order valence-corrected chi connectivity index (χ1v) is 17.5. The molecule has 0 radical (unpaired) electrons. The van der Waals surface area contributed by atoms with Crippen molar-refractivity contribution in [2.75, 3.05) is 11.9 Å². The maximum atomic E-state index is 6.43. The summed E-state index contributed by atoms with van der Waals surface area (Å²) in [5, 5.41) is 6.84. The van der Waals surface area contributed by atoms with Gasteiger partial charge in [0.15, 0.2) is 17.5 Å². The number of fused-ring (bicyclic) bond motifs is 6. The summed E-state index contributed by atoms with van der Waals surface area (Å²) in [5.41, 5.74) is 9.00. The molecule has 0 unspecified atom stereocenters. The van der Waals surface area contributed by atoms with E-state index in [1.54, 1.807) is 11.3 Å². The number of furan rings is 1. The molecule has 1 aliphatic heterocycles. The maximum Gasteiger partial charge on any atom is 0.201 e. The van der Waals surface area contributed by atoms with E-state index in [1.807, 2.05) is 24.3 Å². The molecular formula is C44H28N4OS. The summed E-state index contributed by atoms with van der Waals surface area (Å²) in [4.78, 5) is 15.8. The summed E-state index contributed by atoms with van der Waals surface area (Å²) in [7, 11) is 0. The van der Waals surface area contributed by atoms with E-state index < -0.39 is 0 Å². The van der Waals surface area contributed by atoms with Gasteiger partial charge in [0.2, 0.25) is 5.88 Å². The van der Waals surface area contributed by atoms with E-state index >= 15 is 0 Å². The molecule has 50 heavy (non-hydrogen) atoms. The Balaban J connectivity index is 1.28. The smallest absolute Gasteiger partial charge is 0.201 e. The van der Waals surface area contributed by atoms with Crippen LogP contribution in [0.2, 0.25) is 0 Å². The number of nitrogens with zero attached hydrogens (tertiary/aromatic N) is 3. The molecule has 0 fully saturated rings. The molecule has 9 aromatic rings. The number of hydrogen-bond donors (Lipinski definition) is 1. The lowest BCUT2D eigenvalue weighted by Crippen LogP contribution is -2.03.